The number of carbonyl (C=O) groups is 2. The zero-order chi connectivity index (χ0) is 20.8. The van der Waals surface area contributed by atoms with Gasteiger partial charge in [-0.15, -0.1) is 0 Å². The summed E-state index contributed by atoms with van der Waals surface area (Å²) in [6.07, 6.45) is 1.82. The van der Waals surface area contributed by atoms with E-state index in [-0.39, 0.29) is 11.1 Å². The van der Waals surface area contributed by atoms with E-state index in [9.17, 15) is 40.2 Å². The predicted molar refractivity (Wildman–Crippen MR) is 97.6 cm³/mol. The van der Waals surface area contributed by atoms with Crippen LogP contribution in [0.3, 0.4) is 0 Å². The molecule has 10 nitrogen and oxygen atoms in total. The van der Waals surface area contributed by atoms with Gasteiger partial charge in [0.25, 0.3) is 0 Å². The lowest BCUT2D eigenvalue weighted by Gasteiger charge is -2.13. The second-order valence-electron chi connectivity index (χ2n) is 5.55. The number of aliphatic imine (C=N–C) groups is 2. The highest BCUT2D eigenvalue weighted by Crippen LogP contribution is 2.28. The summed E-state index contributed by atoms with van der Waals surface area (Å²) >= 11 is 0. The molecule has 0 aliphatic heterocycles. The maximum absolute atomic E-state index is 11.5. The average Bonchev–Trinajstić information content (AvgIpc) is 2.63. The van der Waals surface area contributed by atoms with E-state index in [1.165, 1.54) is 36.4 Å². The van der Waals surface area contributed by atoms with Crippen molar-refractivity contribution in [1.82, 2.24) is 0 Å². The topological polar surface area (TPSA) is 180 Å². The number of hydrogen-bond acceptors (Lipinski definition) is 8. The van der Waals surface area contributed by atoms with Crippen LogP contribution in [0.2, 0.25) is 0 Å². The molecule has 0 aliphatic carbocycles. The predicted octanol–water partition coefficient (Wildman–Crippen LogP) is 0.953. The van der Waals surface area contributed by atoms with Crippen molar-refractivity contribution in [3.63, 3.8) is 0 Å². The van der Waals surface area contributed by atoms with Gasteiger partial charge >= 0.3 is 11.9 Å². The SMILES string of the molecule is O=C(O)[C@@H](N=Cc1cccc(O)c1O)[C@H](N=Cc1cccc(O)c1O)C(=O)O. The molecule has 0 spiro atoms. The number of para-hydroxylation sites is 2. The van der Waals surface area contributed by atoms with Crippen molar-refractivity contribution in [2.45, 2.75) is 12.1 Å². The Labute approximate surface area is 158 Å². The molecular weight excluding hydrogens is 372 g/mol. The van der Waals surface area contributed by atoms with Crippen LogP contribution in [0.15, 0.2) is 46.4 Å². The molecule has 146 valence electrons. The Balaban J connectivity index is 2.37. The summed E-state index contributed by atoms with van der Waals surface area (Å²) in [5, 5.41) is 57.0. The Morgan fingerprint density at radius 1 is 0.714 bits per heavy atom. The standard InChI is InChI=1S/C18H16N2O8/c21-11-5-1-3-9(15(11)23)7-19-13(17(25)26)14(18(27)28)20-8-10-4-2-6-12(22)16(10)24/h1-8,13-14,21-24H,(H,25,26)(H,27,28)/t13-,14-/m0/s1. The van der Waals surface area contributed by atoms with Gasteiger partial charge in [-0.2, -0.15) is 0 Å². The van der Waals surface area contributed by atoms with Crippen LogP contribution >= 0.6 is 0 Å². The van der Waals surface area contributed by atoms with Crippen molar-refractivity contribution in [2.75, 3.05) is 0 Å². The summed E-state index contributed by atoms with van der Waals surface area (Å²) in [5.74, 6) is -5.20. The molecule has 28 heavy (non-hydrogen) atoms. The molecule has 0 aliphatic rings. The Morgan fingerprint density at radius 3 is 1.39 bits per heavy atom. The summed E-state index contributed by atoms with van der Waals surface area (Å²) in [5.41, 5.74) is -0.0463. The molecule has 0 fully saturated rings. The van der Waals surface area contributed by atoms with E-state index in [1.54, 1.807) is 0 Å². The molecule has 0 unspecified atom stereocenters. The number of aromatic hydroxyl groups is 4. The molecule has 0 heterocycles. The van der Waals surface area contributed by atoms with Gasteiger partial charge in [-0.25, -0.2) is 9.59 Å². The Morgan fingerprint density at radius 2 is 1.07 bits per heavy atom. The number of carboxylic acid groups (broad SMARTS) is 2. The smallest absolute Gasteiger partial charge is 0.331 e. The third kappa shape index (κ3) is 4.55. The van der Waals surface area contributed by atoms with Crippen LogP contribution in [-0.2, 0) is 9.59 Å². The molecule has 0 aromatic heterocycles. The third-order valence-corrected chi connectivity index (χ3v) is 3.65. The quantitative estimate of drug-likeness (QED) is 0.299. The third-order valence-electron chi connectivity index (χ3n) is 3.65. The number of aliphatic carboxylic acids is 2. The van der Waals surface area contributed by atoms with Crippen molar-refractivity contribution in [2.24, 2.45) is 9.98 Å². The molecule has 2 aromatic rings. The summed E-state index contributed by atoms with van der Waals surface area (Å²) in [4.78, 5) is 30.3. The van der Waals surface area contributed by atoms with Gasteiger partial charge in [-0.3, -0.25) is 9.98 Å². The molecule has 0 saturated carbocycles. The first-order valence-corrected chi connectivity index (χ1v) is 7.76. The van der Waals surface area contributed by atoms with E-state index < -0.39 is 47.0 Å². The molecule has 2 aromatic carbocycles. The average molecular weight is 388 g/mol. The first kappa shape index (κ1) is 20.2. The number of rotatable bonds is 7. The molecule has 0 bridgehead atoms. The summed E-state index contributed by atoms with van der Waals surface area (Å²) in [6, 6.07) is 4.10. The number of carboxylic acids is 2. The fourth-order valence-electron chi connectivity index (χ4n) is 2.19. The van der Waals surface area contributed by atoms with Crippen LogP contribution in [0.4, 0.5) is 0 Å². The van der Waals surface area contributed by atoms with Gasteiger partial charge < -0.3 is 30.6 Å². The molecule has 2 atom stereocenters. The van der Waals surface area contributed by atoms with Gasteiger partial charge in [0, 0.05) is 23.6 Å². The molecule has 10 heteroatoms. The van der Waals surface area contributed by atoms with Gasteiger partial charge in [0.15, 0.2) is 35.1 Å². The normalized spacial score (nSPS) is 13.6. The van der Waals surface area contributed by atoms with Gasteiger partial charge in [0.05, 0.1) is 0 Å². The molecule has 6 N–H and O–H groups in total. The van der Waals surface area contributed by atoms with E-state index in [1.807, 2.05) is 0 Å². The minimum Gasteiger partial charge on any atom is -0.504 e. The maximum Gasteiger partial charge on any atom is 0.331 e. The second kappa shape index (κ2) is 8.54. The van der Waals surface area contributed by atoms with E-state index >= 15 is 0 Å². The molecular formula is C18H16N2O8. The lowest BCUT2D eigenvalue weighted by molar-refractivity contribution is -0.146. The lowest BCUT2D eigenvalue weighted by atomic mass is 10.1. The molecule has 0 amide bonds. The number of benzene rings is 2. The largest absolute Gasteiger partial charge is 0.504 e. The fourth-order valence-corrected chi connectivity index (χ4v) is 2.19. The van der Waals surface area contributed by atoms with E-state index in [0.717, 1.165) is 12.4 Å². The van der Waals surface area contributed by atoms with Crippen LogP contribution in [0, 0.1) is 0 Å². The van der Waals surface area contributed by atoms with Crippen molar-refractivity contribution in [3.8, 4) is 23.0 Å². The number of nitrogens with zero attached hydrogens (tertiary/aromatic N) is 2. The maximum atomic E-state index is 11.5. The summed E-state index contributed by atoms with van der Waals surface area (Å²) in [7, 11) is 0. The number of phenolic OH excluding ortho intramolecular Hbond substituents is 4. The zero-order valence-electron chi connectivity index (χ0n) is 14.2. The Kier molecular flexibility index (Phi) is 6.17. The van der Waals surface area contributed by atoms with E-state index in [4.69, 9.17) is 0 Å². The Bertz CT molecular complexity index is 877. The van der Waals surface area contributed by atoms with Gasteiger partial charge in [0.1, 0.15) is 0 Å². The highest BCUT2D eigenvalue weighted by atomic mass is 16.4. The number of hydrogen-bond donors (Lipinski definition) is 6. The highest BCUT2D eigenvalue weighted by Gasteiger charge is 2.33. The van der Waals surface area contributed by atoms with Gasteiger partial charge in [-0.1, -0.05) is 12.1 Å². The first-order valence-electron chi connectivity index (χ1n) is 7.76. The van der Waals surface area contributed by atoms with Crippen LogP contribution in [0.5, 0.6) is 23.0 Å². The van der Waals surface area contributed by atoms with Crippen molar-refractivity contribution < 1.29 is 40.2 Å². The lowest BCUT2D eigenvalue weighted by Crippen LogP contribution is -2.37. The highest BCUT2D eigenvalue weighted by molar-refractivity contribution is 5.92. The van der Waals surface area contributed by atoms with Crippen molar-refractivity contribution in [3.05, 3.63) is 47.5 Å². The summed E-state index contributed by atoms with van der Waals surface area (Å²) in [6.45, 7) is 0. The van der Waals surface area contributed by atoms with E-state index in [2.05, 4.69) is 9.98 Å². The molecule has 0 saturated heterocycles. The number of phenols is 4. The monoisotopic (exact) mass is 388 g/mol. The van der Waals surface area contributed by atoms with E-state index in [0.29, 0.717) is 0 Å². The minimum absolute atomic E-state index is 0.0232. The van der Waals surface area contributed by atoms with Crippen LogP contribution in [0.1, 0.15) is 11.1 Å². The first-order chi connectivity index (χ1) is 13.2. The van der Waals surface area contributed by atoms with Crippen LogP contribution in [-0.4, -0.2) is 67.1 Å². The van der Waals surface area contributed by atoms with Crippen LogP contribution in [0.25, 0.3) is 0 Å². The minimum atomic E-state index is -1.87. The zero-order valence-corrected chi connectivity index (χ0v) is 14.2. The second-order valence-corrected chi connectivity index (χ2v) is 5.55. The van der Waals surface area contributed by atoms with Gasteiger partial charge in [0.2, 0.25) is 0 Å². The molecule has 2 rings (SSSR count). The molecule has 0 radical (unpaired) electrons. The summed E-state index contributed by atoms with van der Waals surface area (Å²) < 4.78 is 0. The van der Waals surface area contributed by atoms with Crippen LogP contribution < -0.4 is 0 Å². The fraction of sp³-hybridized carbons (Fsp3) is 0.111. The van der Waals surface area contributed by atoms with Crippen molar-refractivity contribution >= 4 is 24.4 Å². The van der Waals surface area contributed by atoms with Crippen molar-refractivity contribution in [1.29, 1.82) is 0 Å². The Hall–Kier alpha value is -4.08. The van der Waals surface area contributed by atoms with Gasteiger partial charge in [-0.05, 0) is 24.3 Å².